The van der Waals surface area contributed by atoms with Gasteiger partial charge in [0.2, 0.25) is 0 Å². The van der Waals surface area contributed by atoms with Crippen LogP contribution in [0.2, 0.25) is 5.02 Å². The van der Waals surface area contributed by atoms with Crippen molar-refractivity contribution in [2.45, 2.75) is 19.3 Å². The van der Waals surface area contributed by atoms with Crippen molar-refractivity contribution in [2.75, 3.05) is 11.9 Å². The normalized spacial score (nSPS) is 14.2. The molecule has 1 aromatic carbocycles. The zero-order valence-corrected chi connectivity index (χ0v) is 11.7. The molecule has 0 unspecified atom stereocenters. The number of nitrogens with one attached hydrogen (secondary N) is 1. The average molecular weight is 291 g/mol. The number of hydrogen-bond acceptors (Lipinski definition) is 3. The first-order valence-electron chi connectivity index (χ1n) is 6.58. The number of benzene rings is 1. The van der Waals surface area contributed by atoms with E-state index in [-0.39, 0.29) is 0 Å². The van der Waals surface area contributed by atoms with Gasteiger partial charge < -0.3 is 11.1 Å². The van der Waals surface area contributed by atoms with Gasteiger partial charge in [0, 0.05) is 22.7 Å². The van der Waals surface area contributed by atoms with Gasteiger partial charge in [0.1, 0.15) is 5.82 Å². The van der Waals surface area contributed by atoms with Crippen LogP contribution >= 0.6 is 11.6 Å². The highest BCUT2D eigenvalue weighted by atomic mass is 35.5. The largest absolute Gasteiger partial charge is 0.370 e. The highest BCUT2D eigenvalue weighted by molar-refractivity contribution is 6.30. The summed E-state index contributed by atoms with van der Waals surface area (Å²) in [5.41, 5.74) is 8.11. The minimum atomic E-state index is -0.580. The minimum Gasteiger partial charge on any atom is -0.370 e. The number of carbonyl (C=O) groups excluding carboxylic acids is 1. The van der Waals surface area contributed by atoms with Crippen molar-refractivity contribution in [1.82, 2.24) is 9.78 Å². The number of nitrogens with two attached hydrogens (primary N) is 1. The Morgan fingerprint density at radius 3 is 3.00 bits per heavy atom. The van der Waals surface area contributed by atoms with E-state index in [4.69, 9.17) is 17.3 Å². The molecule has 1 aliphatic rings. The van der Waals surface area contributed by atoms with E-state index < -0.39 is 6.03 Å². The molecule has 104 valence electrons. The number of anilines is 1. The van der Waals surface area contributed by atoms with Gasteiger partial charge in [-0.15, -0.1) is 0 Å². The van der Waals surface area contributed by atoms with Crippen LogP contribution in [0.3, 0.4) is 0 Å². The summed E-state index contributed by atoms with van der Waals surface area (Å²) in [5, 5.41) is 8.26. The Morgan fingerprint density at radius 2 is 2.25 bits per heavy atom. The third kappa shape index (κ3) is 2.25. The maximum absolute atomic E-state index is 11.6. The molecule has 0 fully saturated rings. The predicted octanol–water partition coefficient (Wildman–Crippen LogP) is 2.88. The van der Waals surface area contributed by atoms with Crippen LogP contribution in [0.25, 0.3) is 11.3 Å². The SMILES string of the molecule is NC(=O)n1nc(-c2cccc(Cl)c2)c2c1NCCCC2. The average Bonchev–Trinajstić information content (AvgIpc) is 2.61. The molecular formula is C14H15ClN4O. The van der Waals surface area contributed by atoms with Crippen molar-refractivity contribution in [3.8, 4) is 11.3 Å². The van der Waals surface area contributed by atoms with Gasteiger partial charge in [-0.3, -0.25) is 0 Å². The second kappa shape index (κ2) is 5.17. The first-order valence-corrected chi connectivity index (χ1v) is 6.96. The Hall–Kier alpha value is -2.01. The monoisotopic (exact) mass is 290 g/mol. The molecule has 2 heterocycles. The van der Waals surface area contributed by atoms with Crippen LogP contribution in [-0.4, -0.2) is 22.4 Å². The molecule has 1 aliphatic heterocycles. The fourth-order valence-corrected chi connectivity index (χ4v) is 2.72. The molecule has 20 heavy (non-hydrogen) atoms. The van der Waals surface area contributed by atoms with Crippen LogP contribution in [0, 0.1) is 0 Å². The summed E-state index contributed by atoms with van der Waals surface area (Å²) in [6.07, 6.45) is 2.98. The lowest BCUT2D eigenvalue weighted by Gasteiger charge is -2.04. The second-order valence-electron chi connectivity index (χ2n) is 4.82. The van der Waals surface area contributed by atoms with E-state index in [1.807, 2.05) is 24.3 Å². The number of hydrogen-bond donors (Lipinski definition) is 2. The van der Waals surface area contributed by atoms with E-state index >= 15 is 0 Å². The lowest BCUT2D eigenvalue weighted by atomic mass is 10.0. The van der Waals surface area contributed by atoms with Gasteiger partial charge in [-0.05, 0) is 31.4 Å². The second-order valence-corrected chi connectivity index (χ2v) is 5.26. The molecule has 0 atom stereocenters. The van der Waals surface area contributed by atoms with Crippen LogP contribution < -0.4 is 11.1 Å². The fourth-order valence-electron chi connectivity index (χ4n) is 2.53. The third-order valence-electron chi connectivity index (χ3n) is 3.44. The third-order valence-corrected chi connectivity index (χ3v) is 3.67. The Kier molecular flexibility index (Phi) is 3.36. The lowest BCUT2D eigenvalue weighted by molar-refractivity contribution is 0.248. The molecule has 3 N–H and O–H groups in total. The number of amides is 1. The van der Waals surface area contributed by atoms with Crippen molar-refractivity contribution in [1.29, 1.82) is 0 Å². The summed E-state index contributed by atoms with van der Waals surface area (Å²) in [5.74, 6) is 0.713. The summed E-state index contributed by atoms with van der Waals surface area (Å²) in [7, 11) is 0. The molecule has 0 saturated heterocycles. The minimum absolute atomic E-state index is 0.580. The highest BCUT2D eigenvalue weighted by Gasteiger charge is 2.22. The summed E-state index contributed by atoms with van der Waals surface area (Å²) >= 11 is 6.04. The zero-order valence-electron chi connectivity index (χ0n) is 10.9. The molecule has 2 aromatic rings. The first-order chi connectivity index (χ1) is 9.66. The van der Waals surface area contributed by atoms with Gasteiger partial charge in [-0.25, -0.2) is 4.79 Å². The molecule has 3 rings (SSSR count). The van der Waals surface area contributed by atoms with Gasteiger partial charge >= 0.3 is 6.03 Å². The predicted molar refractivity (Wildman–Crippen MR) is 79.1 cm³/mol. The van der Waals surface area contributed by atoms with Crippen molar-refractivity contribution in [2.24, 2.45) is 5.73 Å². The van der Waals surface area contributed by atoms with Crippen LogP contribution in [-0.2, 0) is 6.42 Å². The number of aromatic nitrogens is 2. The number of fused-ring (bicyclic) bond motifs is 1. The highest BCUT2D eigenvalue weighted by Crippen LogP contribution is 2.32. The summed E-state index contributed by atoms with van der Waals surface area (Å²) in [6, 6.07) is 6.89. The van der Waals surface area contributed by atoms with Crippen molar-refractivity contribution in [3.05, 3.63) is 34.9 Å². The first kappa shape index (κ1) is 13.0. The van der Waals surface area contributed by atoms with Crippen molar-refractivity contribution >= 4 is 23.4 Å². The van der Waals surface area contributed by atoms with E-state index in [1.165, 1.54) is 4.68 Å². The Labute approximate surface area is 121 Å². The topological polar surface area (TPSA) is 72.9 Å². The molecule has 0 spiro atoms. The van der Waals surface area contributed by atoms with Gasteiger partial charge in [0.05, 0.1) is 5.69 Å². The van der Waals surface area contributed by atoms with E-state index in [2.05, 4.69) is 10.4 Å². The standard InChI is InChI=1S/C14H15ClN4O/c15-10-5-3-4-9(8-10)12-11-6-1-2-7-17-13(11)19(18-12)14(16)20/h3-5,8,17H,1-2,6-7H2,(H2,16,20). The Morgan fingerprint density at radius 1 is 1.40 bits per heavy atom. The van der Waals surface area contributed by atoms with Gasteiger partial charge in [0.25, 0.3) is 0 Å². The van der Waals surface area contributed by atoms with Crippen molar-refractivity contribution in [3.63, 3.8) is 0 Å². The number of halogens is 1. The molecule has 0 saturated carbocycles. The summed E-state index contributed by atoms with van der Waals surface area (Å²) in [6.45, 7) is 0.820. The molecule has 1 amide bonds. The summed E-state index contributed by atoms with van der Waals surface area (Å²) < 4.78 is 1.25. The zero-order chi connectivity index (χ0) is 14.1. The number of nitrogens with zero attached hydrogens (tertiary/aromatic N) is 2. The Bertz CT molecular complexity index is 665. The fraction of sp³-hybridized carbons (Fsp3) is 0.286. The van der Waals surface area contributed by atoms with Crippen LogP contribution in [0.5, 0.6) is 0 Å². The Balaban J connectivity index is 2.18. The molecule has 5 nitrogen and oxygen atoms in total. The number of carbonyl (C=O) groups is 1. The van der Waals surface area contributed by atoms with E-state index in [0.29, 0.717) is 10.8 Å². The number of rotatable bonds is 1. The van der Waals surface area contributed by atoms with Crippen LogP contribution in [0.1, 0.15) is 18.4 Å². The van der Waals surface area contributed by atoms with Crippen molar-refractivity contribution < 1.29 is 4.79 Å². The smallest absolute Gasteiger partial charge is 0.341 e. The lowest BCUT2D eigenvalue weighted by Crippen LogP contribution is -2.23. The van der Waals surface area contributed by atoms with Gasteiger partial charge in [-0.1, -0.05) is 23.7 Å². The molecule has 0 radical (unpaired) electrons. The molecule has 1 aromatic heterocycles. The number of primary amides is 1. The van der Waals surface area contributed by atoms with E-state index in [0.717, 1.165) is 42.6 Å². The molecule has 6 heteroatoms. The molecule has 0 aliphatic carbocycles. The van der Waals surface area contributed by atoms with Crippen LogP contribution in [0.4, 0.5) is 10.6 Å². The maximum Gasteiger partial charge on any atom is 0.341 e. The quantitative estimate of drug-likeness (QED) is 0.848. The van der Waals surface area contributed by atoms with Gasteiger partial charge in [0.15, 0.2) is 0 Å². The molecule has 0 bridgehead atoms. The maximum atomic E-state index is 11.6. The van der Waals surface area contributed by atoms with Gasteiger partial charge in [-0.2, -0.15) is 9.78 Å². The van der Waals surface area contributed by atoms with Crippen LogP contribution in [0.15, 0.2) is 24.3 Å². The van der Waals surface area contributed by atoms with E-state index in [9.17, 15) is 4.79 Å². The van der Waals surface area contributed by atoms with E-state index in [1.54, 1.807) is 0 Å². The summed E-state index contributed by atoms with van der Waals surface area (Å²) in [4.78, 5) is 11.6. The molecular weight excluding hydrogens is 276 g/mol.